The molecule has 0 radical (unpaired) electrons. The van der Waals surface area contributed by atoms with Crippen molar-refractivity contribution in [1.82, 2.24) is 5.32 Å². The van der Waals surface area contributed by atoms with Crippen LogP contribution in [0.5, 0.6) is 11.5 Å². The summed E-state index contributed by atoms with van der Waals surface area (Å²) in [7, 11) is 0. The fourth-order valence-electron chi connectivity index (χ4n) is 2.30. The fraction of sp³-hybridized carbons (Fsp3) is 0.316. The van der Waals surface area contributed by atoms with Gasteiger partial charge in [-0.3, -0.25) is 4.79 Å². The maximum atomic E-state index is 12.7. The third kappa shape index (κ3) is 7.03. The molecule has 0 aliphatic heterocycles. The van der Waals surface area contributed by atoms with Gasteiger partial charge in [-0.25, -0.2) is 0 Å². The Balaban J connectivity index is 0.00000364. The van der Waals surface area contributed by atoms with Gasteiger partial charge in [-0.2, -0.15) is 8.78 Å². The van der Waals surface area contributed by atoms with Crippen LogP contribution in [0.1, 0.15) is 30.5 Å². The van der Waals surface area contributed by atoms with Gasteiger partial charge in [0.05, 0.1) is 6.61 Å². The lowest BCUT2D eigenvalue weighted by molar-refractivity contribution is -0.122. The number of ether oxygens (including phenoxy) is 2. The van der Waals surface area contributed by atoms with Gasteiger partial charge < -0.3 is 20.5 Å². The number of amides is 1. The lowest BCUT2D eigenvalue weighted by Crippen LogP contribution is -2.33. The Hall–Kier alpha value is -2.38. The zero-order chi connectivity index (χ0) is 18.9. The van der Waals surface area contributed by atoms with E-state index in [2.05, 4.69) is 10.1 Å². The summed E-state index contributed by atoms with van der Waals surface area (Å²) >= 11 is 0. The van der Waals surface area contributed by atoms with E-state index in [1.165, 1.54) is 6.07 Å². The number of carbonyl (C=O) groups is 1. The number of nitrogens with two attached hydrogens (primary N) is 1. The second-order valence-electron chi connectivity index (χ2n) is 5.60. The molecule has 27 heavy (non-hydrogen) atoms. The standard InChI is InChI=1S/C19H22F2N2O3.ClH/c1-2-10-25-15-9-8-14(16(11-15)26-19(20)21)12-23-18(24)17(22)13-6-4-3-5-7-13;/h3-9,11,17,19H,2,10,12,22H2,1H3,(H,23,24);1H. The second kappa shape index (κ2) is 11.4. The first-order chi connectivity index (χ1) is 12.5. The number of alkyl halides is 2. The molecule has 1 amide bonds. The molecule has 0 aliphatic carbocycles. The van der Waals surface area contributed by atoms with Crippen molar-refractivity contribution in [3.8, 4) is 11.5 Å². The SMILES string of the molecule is CCCOc1ccc(CNC(=O)C(N)c2ccccc2)c(OC(F)F)c1.Cl. The molecule has 1 atom stereocenters. The van der Waals surface area contributed by atoms with Gasteiger partial charge in [0.1, 0.15) is 17.5 Å². The van der Waals surface area contributed by atoms with Gasteiger partial charge in [0, 0.05) is 18.2 Å². The van der Waals surface area contributed by atoms with Crippen molar-refractivity contribution in [2.45, 2.75) is 32.5 Å². The van der Waals surface area contributed by atoms with E-state index in [1.54, 1.807) is 36.4 Å². The molecule has 2 rings (SSSR count). The van der Waals surface area contributed by atoms with Crippen LogP contribution in [0.3, 0.4) is 0 Å². The molecule has 2 aromatic carbocycles. The lowest BCUT2D eigenvalue weighted by Gasteiger charge is -2.16. The summed E-state index contributed by atoms with van der Waals surface area (Å²) in [5, 5.41) is 2.64. The van der Waals surface area contributed by atoms with E-state index in [0.29, 0.717) is 23.5 Å². The van der Waals surface area contributed by atoms with E-state index in [1.807, 2.05) is 13.0 Å². The van der Waals surface area contributed by atoms with E-state index in [-0.39, 0.29) is 24.7 Å². The highest BCUT2D eigenvalue weighted by Crippen LogP contribution is 2.27. The van der Waals surface area contributed by atoms with Crippen molar-refractivity contribution in [3.63, 3.8) is 0 Å². The quantitative estimate of drug-likeness (QED) is 0.671. The number of carbonyl (C=O) groups excluding carboxylic acids is 1. The molecular formula is C19H23ClF2N2O3. The zero-order valence-corrected chi connectivity index (χ0v) is 15.7. The molecule has 0 aromatic heterocycles. The van der Waals surface area contributed by atoms with Crippen LogP contribution >= 0.6 is 12.4 Å². The van der Waals surface area contributed by atoms with Crippen LogP contribution in [-0.2, 0) is 11.3 Å². The highest BCUT2D eigenvalue weighted by atomic mass is 35.5. The third-order valence-electron chi connectivity index (χ3n) is 3.62. The summed E-state index contributed by atoms with van der Waals surface area (Å²) < 4.78 is 35.3. The van der Waals surface area contributed by atoms with Gasteiger partial charge in [0.2, 0.25) is 5.91 Å². The minimum absolute atomic E-state index is 0. The highest BCUT2D eigenvalue weighted by molar-refractivity contribution is 5.85. The van der Waals surface area contributed by atoms with Crippen LogP contribution in [-0.4, -0.2) is 19.1 Å². The Morgan fingerprint density at radius 3 is 2.52 bits per heavy atom. The van der Waals surface area contributed by atoms with Crippen molar-refractivity contribution in [3.05, 3.63) is 59.7 Å². The van der Waals surface area contributed by atoms with Crippen molar-refractivity contribution in [2.24, 2.45) is 5.73 Å². The predicted octanol–water partition coefficient (Wildman–Crippen LogP) is 3.81. The van der Waals surface area contributed by atoms with Crippen LogP contribution < -0.4 is 20.5 Å². The first-order valence-electron chi connectivity index (χ1n) is 8.30. The Labute approximate surface area is 163 Å². The van der Waals surface area contributed by atoms with E-state index in [9.17, 15) is 13.6 Å². The van der Waals surface area contributed by atoms with Gasteiger partial charge >= 0.3 is 6.61 Å². The number of rotatable bonds is 9. The van der Waals surface area contributed by atoms with Gasteiger partial charge in [-0.1, -0.05) is 37.3 Å². The molecule has 0 fully saturated rings. The summed E-state index contributed by atoms with van der Waals surface area (Å²) in [5.74, 6) is -0.0220. The monoisotopic (exact) mass is 400 g/mol. The number of hydrogen-bond acceptors (Lipinski definition) is 4. The Bertz CT molecular complexity index is 717. The summed E-state index contributed by atoms with van der Waals surface area (Å²) in [6.45, 7) is -0.556. The minimum Gasteiger partial charge on any atom is -0.493 e. The normalized spacial score (nSPS) is 11.4. The molecular weight excluding hydrogens is 378 g/mol. The van der Waals surface area contributed by atoms with E-state index in [4.69, 9.17) is 10.5 Å². The third-order valence-corrected chi connectivity index (χ3v) is 3.62. The molecule has 0 saturated carbocycles. The van der Waals surface area contributed by atoms with Crippen LogP contribution in [0.25, 0.3) is 0 Å². The fourth-order valence-corrected chi connectivity index (χ4v) is 2.30. The average Bonchev–Trinajstić information content (AvgIpc) is 2.65. The number of nitrogens with one attached hydrogen (secondary N) is 1. The van der Waals surface area contributed by atoms with Crippen LogP contribution in [0.15, 0.2) is 48.5 Å². The first-order valence-corrected chi connectivity index (χ1v) is 8.30. The van der Waals surface area contributed by atoms with Crippen molar-refractivity contribution >= 4 is 18.3 Å². The summed E-state index contributed by atoms with van der Waals surface area (Å²) in [6.07, 6.45) is 0.792. The summed E-state index contributed by atoms with van der Waals surface area (Å²) in [6, 6.07) is 12.7. The molecule has 148 valence electrons. The van der Waals surface area contributed by atoms with Gasteiger partial charge in [-0.15, -0.1) is 12.4 Å². The molecule has 0 spiro atoms. The van der Waals surface area contributed by atoms with Crippen LogP contribution in [0, 0.1) is 0 Å². The topological polar surface area (TPSA) is 73.6 Å². The summed E-state index contributed by atoms with van der Waals surface area (Å²) in [5.41, 5.74) is 6.99. The number of hydrogen-bond donors (Lipinski definition) is 2. The largest absolute Gasteiger partial charge is 0.493 e. The van der Waals surface area contributed by atoms with E-state index >= 15 is 0 Å². The Kier molecular flexibility index (Phi) is 9.53. The number of halogens is 3. The smallest absolute Gasteiger partial charge is 0.387 e. The van der Waals surface area contributed by atoms with Gasteiger partial charge in [0.25, 0.3) is 0 Å². The molecule has 8 heteroatoms. The van der Waals surface area contributed by atoms with E-state index < -0.39 is 18.6 Å². The Morgan fingerprint density at radius 1 is 1.19 bits per heavy atom. The second-order valence-corrected chi connectivity index (χ2v) is 5.60. The van der Waals surface area contributed by atoms with Crippen molar-refractivity contribution in [1.29, 1.82) is 0 Å². The average molecular weight is 401 g/mol. The molecule has 5 nitrogen and oxygen atoms in total. The molecule has 0 saturated heterocycles. The van der Waals surface area contributed by atoms with Crippen molar-refractivity contribution in [2.75, 3.05) is 6.61 Å². The first kappa shape index (κ1) is 22.7. The van der Waals surface area contributed by atoms with Gasteiger partial charge in [-0.05, 0) is 24.1 Å². The van der Waals surface area contributed by atoms with E-state index in [0.717, 1.165) is 6.42 Å². The minimum atomic E-state index is -2.97. The highest BCUT2D eigenvalue weighted by Gasteiger charge is 2.17. The molecule has 0 aliphatic rings. The van der Waals surface area contributed by atoms with Crippen molar-refractivity contribution < 1.29 is 23.0 Å². The number of benzene rings is 2. The van der Waals surface area contributed by atoms with Crippen LogP contribution in [0.4, 0.5) is 8.78 Å². The predicted molar refractivity (Wildman–Crippen MR) is 101 cm³/mol. The molecule has 1 unspecified atom stereocenters. The molecule has 0 heterocycles. The molecule has 3 N–H and O–H groups in total. The Morgan fingerprint density at radius 2 is 1.89 bits per heavy atom. The maximum absolute atomic E-state index is 12.7. The maximum Gasteiger partial charge on any atom is 0.387 e. The molecule has 0 bridgehead atoms. The summed E-state index contributed by atoms with van der Waals surface area (Å²) in [4.78, 5) is 12.2. The molecule has 2 aromatic rings. The zero-order valence-electron chi connectivity index (χ0n) is 14.9. The van der Waals surface area contributed by atoms with Gasteiger partial charge in [0.15, 0.2) is 0 Å². The lowest BCUT2D eigenvalue weighted by atomic mass is 10.1. The van der Waals surface area contributed by atoms with Crippen LogP contribution in [0.2, 0.25) is 0 Å².